The van der Waals surface area contributed by atoms with Gasteiger partial charge < -0.3 is 10.2 Å². The molecule has 0 aliphatic carbocycles. The molecule has 1 amide bonds. The summed E-state index contributed by atoms with van der Waals surface area (Å²) >= 11 is 0. The lowest BCUT2D eigenvalue weighted by atomic mass is 10.1. The van der Waals surface area contributed by atoms with Crippen LogP contribution in [0.15, 0.2) is 36.9 Å². The van der Waals surface area contributed by atoms with Gasteiger partial charge in [-0.1, -0.05) is 24.3 Å². The molecule has 3 nitrogen and oxygen atoms in total. The van der Waals surface area contributed by atoms with E-state index in [0.29, 0.717) is 6.54 Å². The molecule has 3 heteroatoms. The zero-order chi connectivity index (χ0) is 11.5. The van der Waals surface area contributed by atoms with Crippen LogP contribution < -0.4 is 10.2 Å². The van der Waals surface area contributed by atoms with Crippen molar-refractivity contribution >= 4 is 11.6 Å². The third kappa shape index (κ3) is 1.86. The maximum atomic E-state index is 12.1. The van der Waals surface area contributed by atoms with Gasteiger partial charge in [0.15, 0.2) is 0 Å². The third-order valence-electron chi connectivity index (χ3n) is 2.83. The fourth-order valence-corrected chi connectivity index (χ4v) is 1.94. The van der Waals surface area contributed by atoms with E-state index >= 15 is 0 Å². The van der Waals surface area contributed by atoms with E-state index in [-0.39, 0.29) is 11.9 Å². The van der Waals surface area contributed by atoms with E-state index < -0.39 is 0 Å². The molecule has 0 saturated carbocycles. The highest BCUT2D eigenvalue weighted by Crippen LogP contribution is 2.23. The van der Waals surface area contributed by atoms with Crippen molar-refractivity contribution < 1.29 is 4.79 Å². The molecule has 1 aliphatic heterocycles. The fourth-order valence-electron chi connectivity index (χ4n) is 1.94. The Morgan fingerprint density at radius 3 is 3.06 bits per heavy atom. The standard InChI is InChI=1S/C13H16N2O/c1-3-8-15-12-7-5-4-6-11(12)9-14-10(2)13(15)16/h3-7,10,14H,1,8-9H2,2H3. The molecule has 1 atom stereocenters. The van der Waals surface area contributed by atoms with Gasteiger partial charge in [0.2, 0.25) is 5.91 Å². The second kappa shape index (κ2) is 4.49. The topological polar surface area (TPSA) is 32.3 Å². The zero-order valence-electron chi connectivity index (χ0n) is 9.44. The smallest absolute Gasteiger partial charge is 0.244 e. The summed E-state index contributed by atoms with van der Waals surface area (Å²) in [7, 11) is 0. The van der Waals surface area contributed by atoms with Crippen LogP contribution in [0, 0.1) is 0 Å². The van der Waals surface area contributed by atoms with E-state index in [9.17, 15) is 4.79 Å². The van der Waals surface area contributed by atoms with Crippen LogP contribution in [0.1, 0.15) is 12.5 Å². The number of para-hydroxylation sites is 1. The van der Waals surface area contributed by atoms with Gasteiger partial charge in [0.1, 0.15) is 0 Å². The van der Waals surface area contributed by atoms with Gasteiger partial charge in [-0.05, 0) is 18.6 Å². The summed E-state index contributed by atoms with van der Waals surface area (Å²) in [5.74, 6) is 0.102. The van der Waals surface area contributed by atoms with Crippen molar-refractivity contribution in [1.82, 2.24) is 5.32 Å². The quantitative estimate of drug-likeness (QED) is 0.763. The normalized spacial score (nSPS) is 20.2. The Labute approximate surface area is 95.8 Å². The summed E-state index contributed by atoms with van der Waals surface area (Å²) in [6.07, 6.45) is 1.76. The summed E-state index contributed by atoms with van der Waals surface area (Å²) in [5, 5.41) is 3.21. The van der Waals surface area contributed by atoms with Crippen LogP contribution >= 0.6 is 0 Å². The fraction of sp³-hybridized carbons (Fsp3) is 0.308. The molecule has 1 unspecified atom stereocenters. The Hall–Kier alpha value is -1.61. The van der Waals surface area contributed by atoms with Gasteiger partial charge in [-0.25, -0.2) is 0 Å². The Bertz CT molecular complexity index is 414. The SMILES string of the molecule is C=CCN1C(=O)C(C)NCc2ccccc21. The lowest BCUT2D eigenvalue weighted by Gasteiger charge is -2.22. The largest absolute Gasteiger partial charge is 0.307 e. The number of hydrogen-bond acceptors (Lipinski definition) is 2. The predicted octanol–water partition coefficient (Wildman–Crippen LogP) is 1.70. The van der Waals surface area contributed by atoms with Crippen molar-refractivity contribution in [1.29, 1.82) is 0 Å². The summed E-state index contributed by atoms with van der Waals surface area (Å²) in [5.41, 5.74) is 2.14. The molecule has 0 spiro atoms. The van der Waals surface area contributed by atoms with Crippen LogP contribution in [0.3, 0.4) is 0 Å². The number of carbonyl (C=O) groups is 1. The molecule has 0 saturated heterocycles. The van der Waals surface area contributed by atoms with Gasteiger partial charge in [-0.2, -0.15) is 0 Å². The molecule has 0 radical (unpaired) electrons. The van der Waals surface area contributed by atoms with Gasteiger partial charge in [-0.15, -0.1) is 6.58 Å². The van der Waals surface area contributed by atoms with E-state index in [1.807, 2.05) is 31.2 Å². The average Bonchev–Trinajstić information content (AvgIpc) is 2.42. The molecule has 1 aromatic rings. The van der Waals surface area contributed by atoms with Crippen LogP contribution in [-0.4, -0.2) is 18.5 Å². The minimum Gasteiger partial charge on any atom is -0.307 e. The summed E-state index contributed by atoms with van der Waals surface area (Å²) in [6, 6.07) is 7.83. The van der Waals surface area contributed by atoms with E-state index in [2.05, 4.69) is 11.9 Å². The zero-order valence-corrected chi connectivity index (χ0v) is 9.44. The molecular weight excluding hydrogens is 200 g/mol. The van der Waals surface area contributed by atoms with Gasteiger partial charge in [-0.3, -0.25) is 4.79 Å². The number of amides is 1. The van der Waals surface area contributed by atoms with Crippen LogP contribution in [0.4, 0.5) is 5.69 Å². The van der Waals surface area contributed by atoms with Gasteiger partial charge >= 0.3 is 0 Å². The summed E-state index contributed by atoms with van der Waals surface area (Å²) < 4.78 is 0. The highest BCUT2D eigenvalue weighted by molar-refractivity contribution is 5.98. The molecule has 0 aromatic heterocycles. The Morgan fingerprint density at radius 1 is 1.56 bits per heavy atom. The van der Waals surface area contributed by atoms with E-state index in [0.717, 1.165) is 17.8 Å². The molecule has 84 valence electrons. The first-order valence-electron chi connectivity index (χ1n) is 5.47. The highest BCUT2D eigenvalue weighted by Gasteiger charge is 2.25. The molecular formula is C13H16N2O. The Balaban J connectivity index is 2.44. The predicted molar refractivity (Wildman–Crippen MR) is 65.3 cm³/mol. The lowest BCUT2D eigenvalue weighted by molar-refractivity contribution is -0.120. The first kappa shape index (κ1) is 10.9. The van der Waals surface area contributed by atoms with Crippen LogP contribution in [0.25, 0.3) is 0 Å². The van der Waals surface area contributed by atoms with Gasteiger partial charge in [0.25, 0.3) is 0 Å². The third-order valence-corrected chi connectivity index (χ3v) is 2.83. The minimum atomic E-state index is -0.146. The molecule has 0 fully saturated rings. The van der Waals surface area contributed by atoms with E-state index in [1.165, 1.54) is 0 Å². The van der Waals surface area contributed by atoms with E-state index in [4.69, 9.17) is 0 Å². The number of nitrogens with zero attached hydrogens (tertiary/aromatic N) is 1. The second-order valence-corrected chi connectivity index (χ2v) is 3.97. The summed E-state index contributed by atoms with van der Waals surface area (Å²) in [4.78, 5) is 13.9. The Kier molecular flexibility index (Phi) is 3.06. The van der Waals surface area contributed by atoms with Crippen molar-refractivity contribution in [3.05, 3.63) is 42.5 Å². The maximum Gasteiger partial charge on any atom is 0.244 e. The van der Waals surface area contributed by atoms with Crippen molar-refractivity contribution in [3.63, 3.8) is 0 Å². The maximum absolute atomic E-state index is 12.1. The number of fused-ring (bicyclic) bond motifs is 1. The average molecular weight is 216 g/mol. The number of hydrogen-bond donors (Lipinski definition) is 1. The van der Waals surface area contributed by atoms with Crippen LogP contribution in [0.2, 0.25) is 0 Å². The lowest BCUT2D eigenvalue weighted by Crippen LogP contribution is -2.42. The molecule has 2 rings (SSSR count). The molecule has 0 bridgehead atoms. The van der Waals surface area contributed by atoms with E-state index in [1.54, 1.807) is 11.0 Å². The number of anilines is 1. The number of rotatable bonds is 2. The first-order valence-corrected chi connectivity index (χ1v) is 5.47. The van der Waals surface area contributed by atoms with Crippen LogP contribution in [0.5, 0.6) is 0 Å². The molecule has 1 N–H and O–H groups in total. The Morgan fingerprint density at radius 2 is 2.31 bits per heavy atom. The van der Waals surface area contributed by atoms with Gasteiger partial charge in [0, 0.05) is 18.8 Å². The highest BCUT2D eigenvalue weighted by atomic mass is 16.2. The van der Waals surface area contributed by atoms with Gasteiger partial charge in [0.05, 0.1) is 6.04 Å². The monoisotopic (exact) mass is 216 g/mol. The first-order chi connectivity index (χ1) is 7.74. The number of nitrogens with one attached hydrogen (secondary N) is 1. The number of benzene rings is 1. The minimum absolute atomic E-state index is 0.102. The van der Waals surface area contributed by atoms with Crippen molar-refractivity contribution in [2.45, 2.75) is 19.5 Å². The van der Waals surface area contributed by atoms with Crippen LogP contribution in [-0.2, 0) is 11.3 Å². The van der Waals surface area contributed by atoms with Crippen molar-refractivity contribution in [2.75, 3.05) is 11.4 Å². The molecule has 1 heterocycles. The van der Waals surface area contributed by atoms with Crippen molar-refractivity contribution in [3.8, 4) is 0 Å². The van der Waals surface area contributed by atoms with Crippen molar-refractivity contribution in [2.24, 2.45) is 0 Å². The molecule has 1 aromatic carbocycles. The second-order valence-electron chi connectivity index (χ2n) is 3.97. The summed E-state index contributed by atoms with van der Waals surface area (Å²) in [6.45, 7) is 6.89. The molecule has 1 aliphatic rings. The molecule has 16 heavy (non-hydrogen) atoms. The number of carbonyl (C=O) groups excluding carboxylic acids is 1.